The van der Waals surface area contributed by atoms with E-state index in [1.807, 2.05) is 13.0 Å². The van der Waals surface area contributed by atoms with Gasteiger partial charge in [-0.2, -0.15) is 0 Å². The molecule has 0 aliphatic carbocycles. The van der Waals surface area contributed by atoms with Crippen LogP contribution in [0.3, 0.4) is 0 Å². The van der Waals surface area contributed by atoms with E-state index in [9.17, 15) is 8.42 Å². The summed E-state index contributed by atoms with van der Waals surface area (Å²) in [5.74, 6) is -0.212. The highest BCUT2D eigenvalue weighted by Gasteiger charge is 2.20. The molecular formula is C14H13Cl2NO2S. The van der Waals surface area contributed by atoms with Gasteiger partial charge in [0.2, 0.25) is 0 Å². The van der Waals surface area contributed by atoms with Crippen LogP contribution in [0.1, 0.15) is 11.1 Å². The van der Waals surface area contributed by atoms with Crippen LogP contribution in [-0.2, 0) is 15.6 Å². The minimum atomic E-state index is -3.60. The highest BCUT2D eigenvalue weighted by Crippen LogP contribution is 2.28. The summed E-state index contributed by atoms with van der Waals surface area (Å²) in [5, 5.41) is 0.752. The van der Waals surface area contributed by atoms with Crippen LogP contribution in [-0.4, -0.2) is 8.42 Å². The van der Waals surface area contributed by atoms with Crippen molar-refractivity contribution in [1.29, 1.82) is 0 Å². The Labute approximate surface area is 128 Å². The van der Waals surface area contributed by atoms with Gasteiger partial charge in [0.1, 0.15) is 0 Å². The molecule has 0 fully saturated rings. The molecule has 0 radical (unpaired) electrons. The zero-order valence-corrected chi connectivity index (χ0v) is 13.1. The van der Waals surface area contributed by atoms with Gasteiger partial charge >= 0.3 is 0 Å². The molecule has 3 nitrogen and oxygen atoms in total. The monoisotopic (exact) mass is 329 g/mol. The van der Waals surface area contributed by atoms with Gasteiger partial charge in [-0.25, -0.2) is 8.42 Å². The zero-order chi connectivity index (χ0) is 14.9. The zero-order valence-electron chi connectivity index (χ0n) is 10.7. The fourth-order valence-electron chi connectivity index (χ4n) is 1.83. The fraction of sp³-hybridized carbons (Fsp3) is 0.143. The summed E-state index contributed by atoms with van der Waals surface area (Å²) >= 11 is 11.9. The molecule has 2 rings (SSSR count). The smallest absolute Gasteiger partial charge is 0.184 e. The van der Waals surface area contributed by atoms with E-state index in [1.54, 1.807) is 18.2 Å². The second kappa shape index (κ2) is 5.64. The van der Waals surface area contributed by atoms with Crippen molar-refractivity contribution in [1.82, 2.24) is 0 Å². The van der Waals surface area contributed by atoms with Crippen LogP contribution in [0.2, 0.25) is 10.0 Å². The van der Waals surface area contributed by atoms with Crippen LogP contribution in [0.15, 0.2) is 41.3 Å². The Balaban J connectivity index is 2.43. The molecule has 0 amide bonds. The molecule has 0 heterocycles. The lowest BCUT2D eigenvalue weighted by Crippen LogP contribution is -2.08. The maximum absolute atomic E-state index is 12.4. The summed E-state index contributed by atoms with van der Waals surface area (Å²) in [7, 11) is -3.60. The van der Waals surface area contributed by atoms with Gasteiger partial charge in [0.15, 0.2) is 9.84 Å². The summed E-state index contributed by atoms with van der Waals surface area (Å²) in [6, 6.07) is 9.64. The predicted octanol–water partition coefficient (Wildman–Crippen LogP) is 3.86. The van der Waals surface area contributed by atoms with E-state index in [2.05, 4.69) is 0 Å². The number of sulfone groups is 1. The van der Waals surface area contributed by atoms with Gasteiger partial charge in [-0.15, -0.1) is 0 Å². The number of hydrogen-bond acceptors (Lipinski definition) is 3. The van der Waals surface area contributed by atoms with Crippen molar-refractivity contribution < 1.29 is 8.42 Å². The molecule has 20 heavy (non-hydrogen) atoms. The molecule has 0 aliphatic heterocycles. The average molecular weight is 330 g/mol. The maximum atomic E-state index is 12.4. The molecule has 0 aromatic heterocycles. The highest BCUT2D eigenvalue weighted by atomic mass is 35.5. The minimum absolute atomic E-state index is 0.0293. The van der Waals surface area contributed by atoms with Crippen LogP contribution in [0.4, 0.5) is 5.69 Å². The average Bonchev–Trinajstić information content (AvgIpc) is 2.35. The number of anilines is 1. The van der Waals surface area contributed by atoms with Crippen molar-refractivity contribution >= 4 is 38.7 Å². The van der Waals surface area contributed by atoms with Gasteiger partial charge < -0.3 is 5.73 Å². The summed E-state index contributed by atoms with van der Waals surface area (Å²) in [6.07, 6.45) is 0. The lowest BCUT2D eigenvalue weighted by molar-refractivity contribution is 0.595. The third kappa shape index (κ3) is 3.26. The quantitative estimate of drug-likeness (QED) is 0.870. The molecule has 2 aromatic rings. The van der Waals surface area contributed by atoms with Crippen LogP contribution in [0, 0.1) is 6.92 Å². The van der Waals surface area contributed by atoms with E-state index in [4.69, 9.17) is 28.9 Å². The number of rotatable bonds is 3. The molecule has 0 spiro atoms. The van der Waals surface area contributed by atoms with Gasteiger partial charge in [-0.05, 0) is 42.3 Å². The topological polar surface area (TPSA) is 60.2 Å². The fourth-order valence-corrected chi connectivity index (χ4v) is 4.00. The Morgan fingerprint density at radius 3 is 2.45 bits per heavy atom. The number of nitrogens with two attached hydrogens (primary N) is 1. The summed E-state index contributed by atoms with van der Waals surface area (Å²) in [4.78, 5) is 0.0293. The molecule has 2 aromatic carbocycles. The van der Waals surface area contributed by atoms with E-state index in [0.29, 0.717) is 15.6 Å². The van der Waals surface area contributed by atoms with Gasteiger partial charge in [0, 0.05) is 10.0 Å². The number of halogens is 2. The lowest BCUT2D eigenvalue weighted by atomic mass is 10.2. The van der Waals surface area contributed by atoms with Crippen LogP contribution in [0.25, 0.3) is 0 Å². The molecular weight excluding hydrogens is 317 g/mol. The maximum Gasteiger partial charge on any atom is 0.184 e. The predicted molar refractivity (Wildman–Crippen MR) is 82.9 cm³/mol. The van der Waals surface area contributed by atoms with Crippen LogP contribution >= 0.6 is 23.2 Å². The van der Waals surface area contributed by atoms with Gasteiger partial charge in [0.05, 0.1) is 16.3 Å². The molecule has 0 aliphatic rings. The normalized spacial score (nSPS) is 11.6. The molecule has 0 atom stereocenters. The van der Waals surface area contributed by atoms with Crippen LogP contribution in [0.5, 0.6) is 0 Å². The Morgan fingerprint density at radius 1 is 1.10 bits per heavy atom. The van der Waals surface area contributed by atoms with Gasteiger partial charge in [-0.1, -0.05) is 35.3 Å². The Kier molecular flexibility index (Phi) is 4.28. The standard InChI is InChI=1S/C14H13Cl2NO2S/c1-9-2-3-10(12(16)6-9)8-20(18,19)14-7-11(15)4-5-13(14)17/h2-7H,8,17H2,1H3. The number of aryl methyl sites for hydroxylation is 1. The van der Waals surface area contributed by atoms with E-state index in [1.165, 1.54) is 12.1 Å². The molecule has 6 heteroatoms. The van der Waals surface area contributed by atoms with Crippen molar-refractivity contribution in [2.45, 2.75) is 17.6 Å². The molecule has 0 saturated carbocycles. The molecule has 0 unspecified atom stereocenters. The summed E-state index contributed by atoms with van der Waals surface area (Å²) in [5.41, 5.74) is 7.41. The Hall–Kier alpha value is -1.23. The summed E-state index contributed by atoms with van der Waals surface area (Å²) < 4.78 is 24.8. The first-order valence-corrected chi connectivity index (χ1v) is 8.23. The van der Waals surface area contributed by atoms with E-state index in [0.717, 1.165) is 5.56 Å². The first-order chi connectivity index (χ1) is 9.29. The molecule has 0 saturated heterocycles. The summed E-state index contributed by atoms with van der Waals surface area (Å²) in [6.45, 7) is 1.89. The number of nitrogen functional groups attached to an aromatic ring is 1. The van der Waals surface area contributed by atoms with Crippen molar-refractivity contribution in [3.63, 3.8) is 0 Å². The lowest BCUT2D eigenvalue weighted by Gasteiger charge is -2.09. The van der Waals surface area contributed by atoms with E-state index < -0.39 is 9.84 Å². The molecule has 0 bridgehead atoms. The third-order valence-electron chi connectivity index (χ3n) is 2.86. The van der Waals surface area contributed by atoms with Crippen LogP contribution < -0.4 is 5.73 Å². The van der Waals surface area contributed by atoms with Crippen molar-refractivity contribution in [2.24, 2.45) is 0 Å². The number of benzene rings is 2. The van der Waals surface area contributed by atoms with Crippen molar-refractivity contribution in [3.8, 4) is 0 Å². The van der Waals surface area contributed by atoms with Gasteiger partial charge in [0.25, 0.3) is 0 Å². The van der Waals surface area contributed by atoms with E-state index in [-0.39, 0.29) is 16.3 Å². The third-order valence-corrected chi connectivity index (χ3v) is 5.17. The Bertz CT molecular complexity index is 758. The minimum Gasteiger partial charge on any atom is -0.398 e. The highest BCUT2D eigenvalue weighted by molar-refractivity contribution is 7.90. The Morgan fingerprint density at radius 2 is 1.80 bits per heavy atom. The van der Waals surface area contributed by atoms with Crippen molar-refractivity contribution in [3.05, 3.63) is 57.6 Å². The first kappa shape index (κ1) is 15.2. The van der Waals surface area contributed by atoms with Crippen molar-refractivity contribution in [2.75, 3.05) is 5.73 Å². The van der Waals surface area contributed by atoms with Gasteiger partial charge in [-0.3, -0.25) is 0 Å². The largest absolute Gasteiger partial charge is 0.398 e. The second-order valence-electron chi connectivity index (χ2n) is 4.54. The van der Waals surface area contributed by atoms with E-state index >= 15 is 0 Å². The first-order valence-electron chi connectivity index (χ1n) is 5.82. The molecule has 106 valence electrons. The number of hydrogen-bond donors (Lipinski definition) is 1. The second-order valence-corrected chi connectivity index (χ2v) is 7.34. The SMILES string of the molecule is Cc1ccc(CS(=O)(=O)c2cc(Cl)ccc2N)c(Cl)c1. The molecule has 2 N–H and O–H groups in total.